The van der Waals surface area contributed by atoms with E-state index < -0.39 is 63.6 Å². The van der Waals surface area contributed by atoms with Crippen molar-refractivity contribution < 1.29 is 32.6 Å². The number of nitrogens with zero attached hydrogens (tertiary/aromatic N) is 2. The summed E-state index contributed by atoms with van der Waals surface area (Å²) in [5, 5.41) is 18.4. The lowest BCUT2D eigenvalue weighted by atomic mass is 9.67. The summed E-state index contributed by atoms with van der Waals surface area (Å²) in [6, 6.07) is 4.09. The molecule has 1 aromatic rings. The molecule has 4 rings (SSSR count). The summed E-state index contributed by atoms with van der Waals surface area (Å²) in [7, 11) is 0. The number of ether oxygens (including phenoxy) is 1. The smallest absolute Gasteiger partial charge is 0.388 e. The number of benzene rings is 1. The Morgan fingerprint density at radius 1 is 1.21 bits per heavy atom. The van der Waals surface area contributed by atoms with Crippen molar-refractivity contribution in [3.05, 3.63) is 29.3 Å². The molecule has 0 aliphatic carbocycles. The summed E-state index contributed by atoms with van der Waals surface area (Å²) in [6.45, 7) is 2.98. The zero-order chi connectivity index (χ0) is 20.8. The lowest BCUT2D eigenvalue weighted by Crippen LogP contribution is -2.55. The number of aliphatic hydroxyl groups excluding tert-OH is 1. The molecule has 0 aromatic heterocycles. The molecular weight excluding hydrogens is 401 g/mol. The van der Waals surface area contributed by atoms with Crippen LogP contribution in [0.5, 0.6) is 0 Å². The third-order valence-electron chi connectivity index (χ3n) is 6.08. The second-order valence-corrected chi connectivity index (χ2v) is 8.09. The molecule has 2 amide bonds. The topological polar surface area (TPSA) is 90.6 Å². The number of halogens is 4. The van der Waals surface area contributed by atoms with Crippen LogP contribution in [0.1, 0.15) is 25.0 Å². The van der Waals surface area contributed by atoms with Crippen LogP contribution in [0.2, 0.25) is 0 Å². The van der Waals surface area contributed by atoms with Gasteiger partial charge in [0.2, 0.25) is 11.8 Å². The van der Waals surface area contributed by atoms with E-state index in [0.717, 1.165) is 12.1 Å². The summed E-state index contributed by atoms with van der Waals surface area (Å²) in [6.07, 6.45) is -6.05. The minimum atomic E-state index is -4.83. The van der Waals surface area contributed by atoms with Crippen LogP contribution in [0.4, 0.5) is 18.9 Å². The van der Waals surface area contributed by atoms with E-state index >= 15 is 0 Å². The normalized spacial score (nSPS) is 39.4. The summed E-state index contributed by atoms with van der Waals surface area (Å²) < 4.78 is 45.6. The van der Waals surface area contributed by atoms with Gasteiger partial charge in [-0.1, -0.05) is 0 Å². The molecule has 0 spiro atoms. The van der Waals surface area contributed by atoms with Crippen LogP contribution in [0.3, 0.4) is 0 Å². The van der Waals surface area contributed by atoms with Crippen molar-refractivity contribution in [2.24, 2.45) is 11.8 Å². The number of carbonyl (C=O) groups is 2. The molecule has 3 heterocycles. The number of carbonyl (C=O) groups excluding carboxylic acids is 2. The van der Waals surface area contributed by atoms with Crippen molar-refractivity contribution in [2.75, 3.05) is 4.90 Å². The van der Waals surface area contributed by atoms with Gasteiger partial charge in [-0.25, -0.2) is 4.90 Å². The van der Waals surface area contributed by atoms with E-state index in [4.69, 9.17) is 21.6 Å². The number of hydrogen-bond donors (Lipinski definition) is 1. The molecule has 3 saturated heterocycles. The van der Waals surface area contributed by atoms with Crippen molar-refractivity contribution in [3.8, 4) is 6.07 Å². The fraction of sp³-hybridized carbons (Fsp3) is 0.500. The number of alkyl halides is 4. The molecule has 0 radical (unpaired) electrons. The van der Waals surface area contributed by atoms with Crippen LogP contribution < -0.4 is 4.90 Å². The van der Waals surface area contributed by atoms with Gasteiger partial charge in [0.15, 0.2) is 0 Å². The van der Waals surface area contributed by atoms with E-state index in [-0.39, 0.29) is 5.69 Å². The molecule has 3 aliphatic rings. The van der Waals surface area contributed by atoms with Crippen LogP contribution in [0, 0.1) is 23.2 Å². The highest BCUT2D eigenvalue weighted by molar-refractivity contribution is 6.26. The maximum atomic E-state index is 13.3. The third kappa shape index (κ3) is 2.11. The van der Waals surface area contributed by atoms with Gasteiger partial charge in [-0.3, -0.25) is 9.59 Å². The largest absolute Gasteiger partial charge is 0.417 e. The van der Waals surface area contributed by atoms with E-state index in [1.54, 1.807) is 0 Å². The van der Waals surface area contributed by atoms with Gasteiger partial charge < -0.3 is 9.84 Å². The van der Waals surface area contributed by atoms with E-state index in [1.807, 2.05) is 0 Å². The first-order valence-corrected chi connectivity index (χ1v) is 8.83. The van der Waals surface area contributed by atoms with E-state index in [0.29, 0.717) is 11.0 Å². The van der Waals surface area contributed by atoms with Gasteiger partial charge in [0, 0.05) is 0 Å². The highest BCUT2D eigenvalue weighted by Gasteiger charge is 2.79. The lowest BCUT2D eigenvalue weighted by Gasteiger charge is -2.35. The number of fused-ring (bicyclic) bond motifs is 5. The van der Waals surface area contributed by atoms with Gasteiger partial charge in [0.1, 0.15) is 11.7 Å². The summed E-state index contributed by atoms with van der Waals surface area (Å²) >= 11 is 6.25. The number of nitriles is 1. The van der Waals surface area contributed by atoms with Gasteiger partial charge in [-0.2, -0.15) is 18.4 Å². The van der Waals surface area contributed by atoms with Gasteiger partial charge in [-0.15, -0.1) is 11.6 Å². The molecular formula is C18H14ClF3N2O4. The second kappa shape index (κ2) is 5.47. The van der Waals surface area contributed by atoms with Gasteiger partial charge in [0.25, 0.3) is 0 Å². The molecule has 10 heteroatoms. The predicted molar refractivity (Wildman–Crippen MR) is 89.2 cm³/mol. The Hall–Kier alpha value is -2.15. The minimum absolute atomic E-state index is 0.289. The van der Waals surface area contributed by atoms with E-state index in [1.165, 1.54) is 19.9 Å². The Balaban J connectivity index is 1.82. The Labute approximate surface area is 162 Å². The van der Waals surface area contributed by atoms with Crippen LogP contribution in [0.15, 0.2) is 18.2 Å². The fourth-order valence-electron chi connectivity index (χ4n) is 4.76. The molecule has 3 aliphatic heterocycles. The standard InChI is InChI=1S/C18H14ClF3N2O4/c1-16-10-11(17(2,28-16)13(25)12(16)19)15(27)24(14(10)26)8-4-3-7(6-23)9(5-8)18(20,21)22/h3-5,10-13,25H,1-2H3/t10-,11+,12-,13+,16+,17-/m0/s1. The second-order valence-electron chi connectivity index (χ2n) is 7.62. The first-order valence-electron chi connectivity index (χ1n) is 8.39. The molecule has 6 nitrogen and oxygen atoms in total. The SMILES string of the molecule is C[C@]12O[C@](C)([C@H](O)[C@@H]1Cl)[C@H]1C(=O)N(c3ccc(C#N)c(C(F)(F)F)c3)C(=O)[C@H]12. The molecule has 28 heavy (non-hydrogen) atoms. The Bertz CT molecular complexity index is 923. The van der Waals surface area contributed by atoms with Crippen molar-refractivity contribution in [3.63, 3.8) is 0 Å². The third-order valence-corrected chi connectivity index (χ3v) is 6.75. The van der Waals surface area contributed by atoms with Crippen LogP contribution in [-0.2, 0) is 20.5 Å². The molecule has 1 aromatic carbocycles. The highest BCUT2D eigenvalue weighted by Crippen LogP contribution is 2.62. The summed E-state index contributed by atoms with van der Waals surface area (Å²) in [4.78, 5) is 26.7. The predicted octanol–water partition coefficient (Wildman–Crippen LogP) is 2.21. The first kappa shape index (κ1) is 19.2. The summed E-state index contributed by atoms with van der Waals surface area (Å²) in [5.74, 6) is -3.60. The zero-order valence-electron chi connectivity index (χ0n) is 14.6. The Kier molecular flexibility index (Phi) is 3.74. The number of amides is 2. The van der Waals surface area contributed by atoms with Crippen molar-refractivity contribution in [2.45, 2.75) is 42.7 Å². The van der Waals surface area contributed by atoms with E-state index in [9.17, 15) is 27.9 Å². The maximum absolute atomic E-state index is 13.3. The fourth-order valence-corrected chi connectivity index (χ4v) is 5.19. The van der Waals surface area contributed by atoms with E-state index in [2.05, 4.69) is 0 Å². The molecule has 3 fully saturated rings. The van der Waals surface area contributed by atoms with Gasteiger partial charge in [0.05, 0.1) is 45.7 Å². The minimum Gasteiger partial charge on any atom is -0.388 e. The zero-order valence-corrected chi connectivity index (χ0v) is 15.4. The monoisotopic (exact) mass is 414 g/mol. The van der Waals surface area contributed by atoms with Crippen LogP contribution in [-0.4, -0.2) is 39.6 Å². The number of anilines is 1. The van der Waals surface area contributed by atoms with Crippen LogP contribution in [0.25, 0.3) is 0 Å². The number of aliphatic hydroxyl groups is 1. The molecule has 0 unspecified atom stereocenters. The number of imide groups is 1. The van der Waals surface area contributed by atoms with Gasteiger partial charge in [-0.05, 0) is 32.0 Å². The quantitative estimate of drug-likeness (QED) is 0.562. The number of rotatable bonds is 1. The Morgan fingerprint density at radius 2 is 1.79 bits per heavy atom. The lowest BCUT2D eigenvalue weighted by molar-refractivity contribution is -0.138. The molecule has 0 saturated carbocycles. The maximum Gasteiger partial charge on any atom is 0.417 e. The van der Waals surface area contributed by atoms with Crippen molar-refractivity contribution >= 4 is 29.1 Å². The summed E-state index contributed by atoms with van der Waals surface area (Å²) in [5.41, 5.74) is -4.90. The molecule has 2 bridgehead atoms. The number of hydrogen-bond acceptors (Lipinski definition) is 5. The Morgan fingerprint density at radius 3 is 2.32 bits per heavy atom. The van der Waals surface area contributed by atoms with Crippen molar-refractivity contribution in [1.29, 1.82) is 5.26 Å². The average molecular weight is 415 g/mol. The van der Waals surface area contributed by atoms with Crippen molar-refractivity contribution in [1.82, 2.24) is 0 Å². The molecule has 148 valence electrons. The van der Waals surface area contributed by atoms with Gasteiger partial charge >= 0.3 is 6.18 Å². The first-order chi connectivity index (χ1) is 12.9. The molecule has 6 atom stereocenters. The van der Waals surface area contributed by atoms with Crippen LogP contribution >= 0.6 is 11.6 Å². The highest BCUT2D eigenvalue weighted by atomic mass is 35.5. The average Bonchev–Trinajstić information content (AvgIpc) is 3.10. The molecule has 1 N–H and O–H groups in total.